The SMILES string of the molecule is O=C(O)CC1CCN(Cc2ccc3c(C(F)(F)F)c(OC4CCC(C(F)(F)F)CC4)ccc3c2)C1. The van der Waals surface area contributed by atoms with Crippen molar-refractivity contribution in [2.75, 3.05) is 13.1 Å². The number of rotatable bonds is 6. The van der Waals surface area contributed by atoms with Crippen LogP contribution in [-0.2, 0) is 17.5 Å². The summed E-state index contributed by atoms with van der Waals surface area (Å²) < 4.78 is 86.5. The molecule has 0 radical (unpaired) electrons. The zero-order valence-corrected chi connectivity index (χ0v) is 19.0. The summed E-state index contributed by atoms with van der Waals surface area (Å²) in [5.41, 5.74) is -0.0945. The lowest BCUT2D eigenvalue weighted by molar-refractivity contribution is -0.185. The van der Waals surface area contributed by atoms with Crippen molar-refractivity contribution in [1.29, 1.82) is 0 Å². The van der Waals surface area contributed by atoms with Gasteiger partial charge in [-0.3, -0.25) is 9.69 Å². The molecular weight excluding hydrogens is 476 g/mol. The van der Waals surface area contributed by atoms with Gasteiger partial charge in [-0.15, -0.1) is 0 Å². The standard InChI is InChI=1S/C25H27F6NO3/c26-24(27,28)18-3-5-19(6-4-18)35-21-8-2-17-11-15(1-7-20(17)23(21)25(29,30)31)13-32-10-9-16(14-32)12-22(33)34/h1-2,7-8,11,16,18-19H,3-6,9-10,12-14H2,(H,33,34). The minimum atomic E-state index is -4.70. The molecule has 1 aliphatic carbocycles. The molecule has 1 heterocycles. The maximum absolute atomic E-state index is 14.0. The van der Waals surface area contributed by atoms with E-state index >= 15 is 0 Å². The summed E-state index contributed by atoms with van der Waals surface area (Å²) in [6, 6.07) is 7.52. The van der Waals surface area contributed by atoms with E-state index in [2.05, 4.69) is 4.90 Å². The first-order valence-corrected chi connectivity index (χ1v) is 11.7. The Morgan fingerprint density at radius 3 is 2.34 bits per heavy atom. The normalized spacial score (nSPS) is 24.1. The lowest BCUT2D eigenvalue weighted by Gasteiger charge is -2.31. The zero-order valence-electron chi connectivity index (χ0n) is 19.0. The van der Waals surface area contributed by atoms with E-state index in [1.807, 2.05) is 0 Å². The first-order chi connectivity index (χ1) is 16.4. The minimum Gasteiger partial charge on any atom is -0.490 e. The Hall–Kier alpha value is -2.49. The molecule has 35 heavy (non-hydrogen) atoms. The van der Waals surface area contributed by atoms with Crippen molar-refractivity contribution in [3.05, 3.63) is 41.5 Å². The smallest absolute Gasteiger partial charge is 0.420 e. The average Bonchev–Trinajstić information content (AvgIpc) is 3.18. The first kappa shape index (κ1) is 25.6. The Bertz CT molecular complexity index is 1060. The molecular formula is C25H27F6NO3. The summed E-state index contributed by atoms with van der Waals surface area (Å²) in [6.45, 7) is 1.86. The van der Waals surface area contributed by atoms with Crippen LogP contribution in [0.2, 0.25) is 0 Å². The molecule has 10 heteroatoms. The maximum atomic E-state index is 14.0. The molecule has 1 aliphatic heterocycles. The Labute approximate surface area is 198 Å². The van der Waals surface area contributed by atoms with Crippen LogP contribution in [0.4, 0.5) is 26.3 Å². The van der Waals surface area contributed by atoms with Crippen LogP contribution < -0.4 is 4.74 Å². The summed E-state index contributed by atoms with van der Waals surface area (Å²) in [6.07, 6.45) is -9.03. The number of fused-ring (bicyclic) bond motifs is 1. The van der Waals surface area contributed by atoms with Crippen LogP contribution in [0.1, 0.15) is 49.7 Å². The van der Waals surface area contributed by atoms with E-state index in [0.29, 0.717) is 18.5 Å². The van der Waals surface area contributed by atoms with E-state index in [-0.39, 0.29) is 49.2 Å². The fourth-order valence-electron chi connectivity index (χ4n) is 5.26. The quantitative estimate of drug-likeness (QED) is 0.448. The highest BCUT2D eigenvalue weighted by atomic mass is 19.4. The van der Waals surface area contributed by atoms with Crippen molar-refractivity contribution in [3.63, 3.8) is 0 Å². The van der Waals surface area contributed by atoms with Gasteiger partial charge in [0.1, 0.15) is 11.3 Å². The molecule has 1 unspecified atom stereocenters. The molecule has 0 bridgehead atoms. The highest BCUT2D eigenvalue weighted by Crippen LogP contribution is 2.44. The summed E-state index contributed by atoms with van der Waals surface area (Å²) in [5.74, 6) is -2.57. The topological polar surface area (TPSA) is 49.8 Å². The molecule has 0 amide bonds. The van der Waals surface area contributed by atoms with Gasteiger partial charge in [-0.2, -0.15) is 26.3 Å². The molecule has 1 N–H and O–H groups in total. The molecule has 2 fully saturated rings. The number of hydrogen-bond donors (Lipinski definition) is 1. The van der Waals surface area contributed by atoms with Crippen molar-refractivity contribution in [3.8, 4) is 5.75 Å². The van der Waals surface area contributed by atoms with Gasteiger partial charge in [0.2, 0.25) is 0 Å². The van der Waals surface area contributed by atoms with E-state index in [4.69, 9.17) is 9.84 Å². The Kier molecular flexibility index (Phi) is 7.22. The number of benzene rings is 2. The van der Waals surface area contributed by atoms with Gasteiger partial charge >= 0.3 is 18.3 Å². The fourth-order valence-corrected chi connectivity index (χ4v) is 5.26. The van der Waals surface area contributed by atoms with Gasteiger partial charge in [-0.25, -0.2) is 0 Å². The predicted molar refractivity (Wildman–Crippen MR) is 117 cm³/mol. The van der Waals surface area contributed by atoms with Crippen LogP contribution in [0.25, 0.3) is 10.8 Å². The lowest BCUT2D eigenvalue weighted by Crippen LogP contribution is -2.32. The Balaban J connectivity index is 1.51. The van der Waals surface area contributed by atoms with Crippen LogP contribution in [-0.4, -0.2) is 41.3 Å². The van der Waals surface area contributed by atoms with E-state index in [1.54, 1.807) is 18.2 Å². The highest BCUT2D eigenvalue weighted by Gasteiger charge is 2.42. The van der Waals surface area contributed by atoms with E-state index in [9.17, 15) is 31.1 Å². The third kappa shape index (κ3) is 6.20. The van der Waals surface area contributed by atoms with E-state index in [1.165, 1.54) is 12.1 Å². The molecule has 0 aromatic heterocycles. The fraction of sp³-hybridized carbons (Fsp3) is 0.560. The van der Waals surface area contributed by atoms with Gasteiger partial charge in [0, 0.05) is 19.5 Å². The summed E-state index contributed by atoms with van der Waals surface area (Å²) >= 11 is 0. The van der Waals surface area contributed by atoms with E-state index < -0.39 is 35.9 Å². The number of carboxylic acids is 1. The number of aliphatic carboxylic acids is 1. The van der Waals surface area contributed by atoms with Gasteiger partial charge in [0.05, 0.1) is 12.0 Å². The average molecular weight is 503 g/mol. The summed E-state index contributed by atoms with van der Waals surface area (Å²) in [5, 5.41) is 9.34. The maximum Gasteiger partial charge on any atom is 0.420 e. The Morgan fingerprint density at radius 2 is 1.71 bits per heavy atom. The van der Waals surface area contributed by atoms with Crippen molar-refractivity contribution in [1.82, 2.24) is 4.90 Å². The van der Waals surface area contributed by atoms with Gasteiger partial charge in [0.25, 0.3) is 0 Å². The van der Waals surface area contributed by atoms with E-state index in [0.717, 1.165) is 18.5 Å². The van der Waals surface area contributed by atoms with Gasteiger partial charge in [0.15, 0.2) is 0 Å². The molecule has 1 saturated carbocycles. The lowest BCUT2D eigenvalue weighted by atomic mass is 9.87. The molecule has 1 saturated heterocycles. The number of nitrogens with zero attached hydrogens (tertiary/aromatic N) is 1. The number of alkyl halides is 6. The zero-order chi connectivity index (χ0) is 25.4. The number of halogens is 6. The van der Waals surface area contributed by atoms with Gasteiger partial charge in [-0.05, 0) is 73.0 Å². The number of likely N-dealkylation sites (tertiary alicyclic amines) is 1. The highest BCUT2D eigenvalue weighted by molar-refractivity contribution is 5.89. The number of carbonyl (C=O) groups is 1. The molecule has 2 aromatic carbocycles. The minimum absolute atomic E-state index is 0.0205. The molecule has 0 spiro atoms. The largest absolute Gasteiger partial charge is 0.490 e. The number of hydrogen-bond acceptors (Lipinski definition) is 3. The number of carboxylic acid groups (broad SMARTS) is 1. The molecule has 192 valence electrons. The molecule has 1 atom stereocenters. The Morgan fingerprint density at radius 1 is 1.00 bits per heavy atom. The van der Waals surface area contributed by atoms with Crippen molar-refractivity contribution < 1.29 is 41.0 Å². The number of ether oxygens (including phenoxy) is 1. The first-order valence-electron chi connectivity index (χ1n) is 11.7. The van der Waals surface area contributed by atoms with Gasteiger partial charge in [-0.1, -0.05) is 18.2 Å². The second-order valence-corrected chi connectivity index (χ2v) is 9.61. The molecule has 2 aliphatic rings. The summed E-state index contributed by atoms with van der Waals surface area (Å²) in [7, 11) is 0. The predicted octanol–water partition coefficient (Wildman–Crippen LogP) is 6.66. The third-order valence-electron chi connectivity index (χ3n) is 7.00. The third-order valence-corrected chi connectivity index (χ3v) is 7.00. The van der Waals surface area contributed by atoms with Gasteiger partial charge < -0.3 is 9.84 Å². The monoisotopic (exact) mass is 503 g/mol. The van der Waals surface area contributed by atoms with Crippen molar-refractivity contribution >= 4 is 16.7 Å². The second-order valence-electron chi connectivity index (χ2n) is 9.61. The molecule has 4 nitrogen and oxygen atoms in total. The second kappa shape index (κ2) is 9.87. The van der Waals surface area contributed by atoms with Crippen molar-refractivity contribution in [2.24, 2.45) is 11.8 Å². The van der Waals surface area contributed by atoms with Crippen LogP contribution >= 0.6 is 0 Å². The van der Waals surface area contributed by atoms with Crippen LogP contribution in [0.3, 0.4) is 0 Å². The van der Waals surface area contributed by atoms with Crippen LogP contribution in [0, 0.1) is 11.8 Å². The summed E-state index contributed by atoms with van der Waals surface area (Å²) in [4.78, 5) is 13.0. The molecule has 2 aromatic rings. The van der Waals surface area contributed by atoms with Crippen LogP contribution in [0.5, 0.6) is 5.75 Å². The van der Waals surface area contributed by atoms with Crippen LogP contribution in [0.15, 0.2) is 30.3 Å². The van der Waals surface area contributed by atoms with Crippen molar-refractivity contribution in [2.45, 2.75) is 63.5 Å². The molecule has 4 rings (SSSR count).